The fourth-order valence-corrected chi connectivity index (χ4v) is 6.76. The van der Waals surface area contributed by atoms with E-state index in [4.69, 9.17) is 9.47 Å². The Bertz CT molecular complexity index is 1420. The number of carbonyl (C=O) groups is 1. The van der Waals surface area contributed by atoms with E-state index in [1.165, 1.54) is 0 Å². The van der Waals surface area contributed by atoms with Gasteiger partial charge in [0.05, 0.1) is 19.2 Å². The lowest BCUT2D eigenvalue weighted by Crippen LogP contribution is -2.62. The minimum atomic E-state index is -4.22. The highest BCUT2D eigenvalue weighted by atomic mass is 19.4. The molecule has 2 unspecified atom stereocenters. The first-order valence-electron chi connectivity index (χ1n) is 14.2. The maximum absolute atomic E-state index is 13.4. The number of hydrogen-bond donors (Lipinski definition) is 0. The largest absolute Gasteiger partial charge is 0.496 e. The normalized spacial score (nSPS) is 22.2. The maximum atomic E-state index is 13.4. The molecule has 6 nitrogen and oxygen atoms in total. The summed E-state index contributed by atoms with van der Waals surface area (Å²) in [6, 6.07) is 12.2. The summed E-state index contributed by atoms with van der Waals surface area (Å²) in [6.45, 7) is 10.2. The summed E-state index contributed by atoms with van der Waals surface area (Å²) in [7, 11) is 1.65. The SMILES string of the molecule is COc1cc(C)c2c(ccn2C(=O)OC(C)(C)C)c1CN1CCC2CC1(c1ccc(C)cc1)CCN2CC(F)(F)F. The molecule has 2 atom stereocenters. The van der Waals surface area contributed by atoms with Gasteiger partial charge in [-0.15, -0.1) is 0 Å². The third kappa shape index (κ3) is 5.84. The van der Waals surface area contributed by atoms with Crippen molar-refractivity contribution in [3.05, 3.63) is 64.8 Å². The van der Waals surface area contributed by atoms with Gasteiger partial charge in [0.2, 0.25) is 0 Å². The van der Waals surface area contributed by atoms with E-state index in [2.05, 4.69) is 29.2 Å². The van der Waals surface area contributed by atoms with Crippen molar-refractivity contribution in [1.82, 2.24) is 14.4 Å². The number of aryl methyl sites for hydroxylation is 2. The number of carbonyl (C=O) groups excluding carboxylic acids is 1. The number of likely N-dealkylation sites (tertiary alicyclic amines) is 2. The molecule has 3 aromatic rings. The Kier molecular flexibility index (Phi) is 7.66. The van der Waals surface area contributed by atoms with Crippen LogP contribution in [0.5, 0.6) is 5.75 Å². The Hall–Kier alpha value is -3.04. The zero-order valence-electron chi connectivity index (χ0n) is 24.8. The van der Waals surface area contributed by atoms with Crippen LogP contribution in [0, 0.1) is 13.8 Å². The van der Waals surface area contributed by atoms with Gasteiger partial charge in [0.1, 0.15) is 11.4 Å². The average Bonchev–Trinajstić information content (AvgIpc) is 3.33. The highest BCUT2D eigenvalue weighted by molar-refractivity contribution is 5.95. The Balaban J connectivity index is 1.56. The second kappa shape index (κ2) is 10.7. The zero-order valence-corrected chi connectivity index (χ0v) is 24.8. The standard InChI is InChI=1S/C32H40F3N3O3/c1-21-7-9-23(10-8-21)31-13-16-36(20-32(33,34)35)24(18-31)11-14-37(31)19-26-25-12-15-38(29(39)41-30(3,4)5)28(25)22(2)17-27(26)40-6/h7-10,12,15,17,24H,11,13-14,16,18-20H2,1-6H3. The second-order valence-electron chi connectivity index (χ2n) is 12.6. The van der Waals surface area contributed by atoms with Crippen molar-refractivity contribution in [1.29, 1.82) is 0 Å². The minimum absolute atomic E-state index is 0.142. The molecule has 5 rings (SSSR count). The number of nitrogens with zero attached hydrogens (tertiary/aromatic N) is 3. The topological polar surface area (TPSA) is 46.9 Å². The summed E-state index contributed by atoms with van der Waals surface area (Å²) in [6.07, 6.45) is -1.04. The van der Waals surface area contributed by atoms with Crippen LogP contribution in [0.25, 0.3) is 10.9 Å². The Morgan fingerprint density at radius 1 is 1.07 bits per heavy atom. The van der Waals surface area contributed by atoms with Gasteiger partial charge in [-0.2, -0.15) is 13.2 Å². The van der Waals surface area contributed by atoms with Crippen molar-refractivity contribution in [3.63, 3.8) is 0 Å². The van der Waals surface area contributed by atoms with Crippen LogP contribution in [0.3, 0.4) is 0 Å². The second-order valence-corrected chi connectivity index (χ2v) is 12.6. The number of piperidine rings is 2. The number of methoxy groups -OCH3 is 1. The highest BCUT2D eigenvalue weighted by Gasteiger charge is 2.50. The van der Waals surface area contributed by atoms with E-state index in [0.717, 1.165) is 38.9 Å². The number of alkyl halides is 3. The molecule has 9 heteroatoms. The molecule has 0 aliphatic carbocycles. The Morgan fingerprint density at radius 2 is 1.78 bits per heavy atom. The molecule has 0 spiro atoms. The zero-order chi connectivity index (χ0) is 29.7. The summed E-state index contributed by atoms with van der Waals surface area (Å²) in [5, 5.41) is 0.906. The van der Waals surface area contributed by atoms with Crippen molar-refractivity contribution < 1.29 is 27.4 Å². The number of rotatable bonds is 5. The van der Waals surface area contributed by atoms with Gasteiger partial charge >= 0.3 is 12.3 Å². The molecule has 3 heterocycles. The first-order valence-corrected chi connectivity index (χ1v) is 14.2. The van der Waals surface area contributed by atoms with Gasteiger partial charge in [-0.25, -0.2) is 4.79 Å². The van der Waals surface area contributed by atoms with Crippen molar-refractivity contribution in [2.24, 2.45) is 0 Å². The van der Waals surface area contributed by atoms with Crippen LogP contribution in [0.1, 0.15) is 62.3 Å². The fourth-order valence-electron chi connectivity index (χ4n) is 6.76. The molecular weight excluding hydrogens is 531 g/mol. The molecule has 2 aromatic carbocycles. The summed E-state index contributed by atoms with van der Waals surface area (Å²) in [5.41, 5.74) is 3.85. The highest BCUT2D eigenvalue weighted by Crippen LogP contribution is 2.48. The van der Waals surface area contributed by atoms with Crippen LogP contribution in [0.2, 0.25) is 0 Å². The number of benzene rings is 2. The lowest BCUT2D eigenvalue weighted by atomic mass is 9.72. The molecule has 0 amide bonds. The molecule has 0 N–H and O–H groups in total. The van der Waals surface area contributed by atoms with Crippen LogP contribution < -0.4 is 4.74 Å². The summed E-state index contributed by atoms with van der Waals surface area (Å²) in [4.78, 5) is 17.1. The van der Waals surface area contributed by atoms with Crippen LogP contribution in [0.15, 0.2) is 42.6 Å². The predicted molar refractivity (Wildman–Crippen MR) is 153 cm³/mol. The third-order valence-corrected chi connectivity index (χ3v) is 8.60. The van der Waals surface area contributed by atoms with Crippen molar-refractivity contribution in [3.8, 4) is 5.75 Å². The first-order chi connectivity index (χ1) is 19.2. The summed E-state index contributed by atoms with van der Waals surface area (Å²) >= 11 is 0. The van der Waals surface area contributed by atoms with E-state index in [1.54, 1.807) is 22.8 Å². The molecule has 2 fully saturated rings. The van der Waals surface area contributed by atoms with Crippen molar-refractivity contribution in [2.75, 3.05) is 26.7 Å². The molecule has 2 bridgehead atoms. The molecule has 2 saturated heterocycles. The lowest BCUT2D eigenvalue weighted by molar-refractivity contribution is -0.167. The molecule has 0 saturated carbocycles. The maximum Gasteiger partial charge on any atom is 0.419 e. The fraction of sp³-hybridized carbons (Fsp3) is 0.531. The molecule has 41 heavy (non-hydrogen) atoms. The number of halogens is 3. The van der Waals surface area contributed by atoms with Gasteiger partial charge < -0.3 is 9.47 Å². The lowest BCUT2D eigenvalue weighted by Gasteiger charge is -2.56. The number of fused-ring (bicyclic) bond motifs is 3. The van der Waals surface area contributed by atoms with E-state index in [1.807, 2.05) is 46.8 Å². The van der Waals surface area contributed by atoms with E-state index in [9.17, 15) is 18.0 Å². The van der Waals surface area contributed by atoms with Crippen molar-refractivity contribution >= 4 is 17.0 Å². The summed E-state index contributed by atoms with van der Waals surface area (Å²) < 4.78 is 53.3. The molecule has 1 aromatic heterocycles. The number of hydrogen-bond acceptors (Lipinski definition) is 5. The van der Waals surface area contributed by atoms with Gasteiger partial charge in [0, 0.05) is 48.4 Å². The predicted octanol–water partition coefficient (Wildman–Crippen LogP) is 7.18. The van der Waals surface area contributed by atoms with E-state index < -0.39 is 30.0 Å². The van der Waals surface area contributed by atoms with Crippen molar-refractivity contribution in [2.45, 2.75) is 83.8 Å². The molecule has 0 radical (unpaired) electrons. The molecule has 222 valence electrons. The third-order valence-electron chi connectivity index (χ3n) is 8.60. The summed E-state index contributed by atoms with van der Waals surface area (Å²) in [5.74, 6) is 0.729. The van der Waals surface area contributed by atoms with Crippen LogP contribution in [0.4, 0.5) is 18.0 Å². The van der Waals surface area contributed by atoms with Crippen LogP contribution in [-0.2, 0) is 16.8 Å². The quantitative estimate of drug-likeness (QED) is 0.325. The minimum Gasteiger partial charge on any atom is -0.496 e. The van der Waals surface area contributed by atoms with E-state index in [-0.39, 0.29) is 6.04 Å². The number of aromatic nitrogens is 1. The van der Waals surface area contributed by atoms with Gasteiger partial charge in [0.25, 0.3) is 0 Å². The average molecular weight is 572 g/mol. The van der Waals surface area contributed by atoms with Crippen LogP contribution in [-0.4, -0.2) is 65.0 Å². The van der Waals surface area contributed by atoms with E-state index in [0.29, 0.717) is 38.9 Å². The van der Waals surface area contributed by atoms with Gasteiger partial charge in [-0.05, 0) is 77.1 Å². The Morgan fingerprint density at radius 3 is 2.41 bits per heavy atom. The van der Waals surface area contributed by atoms with Crippen LogP contribution >= 0.6 is 0 Å². The molecule has 2 aliphatic heterocycles. The van der Waals surface area contributed by atoms with Gasteiger partial charge in [0.15, 0.2) is 0 Å². The molecule has 2 aliphatic rings. The van der Waals surface area contributed by atoms with E-state index >= 15 is 0 Å². The first kappa shape index (κ1) is 29.5. The monoisotopic (exact) mass is 571 g/mol. The Labute approximate surface area is 240 Å². The van der Waals surface area contributed by atoms with Gasteiger partial charge in [-0.3, -0.25) is 14.4 Å². The molecular formula is C32H40F3N3O3. The smallest absolute Gasteiger partial charge is 0.419 e. The number of ether oxygens (including phenoxy) is 2. The van der Waals surface area contributed by atoms with Gasteiger partial charge in [-0.1, -0.05) is 29.8 Å².